The molecule has 4 heteroatoms. The summed E-state index contributed by atoms with van der Waals surface area (Å²) in [5.41, 5.74) is 0. The van der Waals surface area contributed by atoms with Crippen molar-refractivity contribution in [2.45, 2.75) is 19.4 Å². The smallest absolute Gasteiger partial charge is 0.309 e. The summed E-state index contributed by atoms with van der Waals surface area (Å²) in [5, 5.41) is 11.8. The van der Waals surface area contributed by atoms with E-state index < -0.39 is 11.9 Å². The average Bonchev–Trinajstić information content (AvgIpc) is 2.61. The number of carboxylic acid groups (broad SMARTS) is 1. The van der Waals surface area contributed by atoms with Crippen LogP contribution in [0.2, 0.25) is 0 Å². The Morgan fingerprint density at radius 2 is 2.00 bits per heavy atom. The summed E-state index contributed by atoms with van der Waals surface area (Å²) in [6.07, 6.45) is 4.84. The molecule has 0 aromatic carbocycles. The van der Waals surface area contributed by atoms with Gasteiger partial charge in [-0.1, -0.05) is 12.2 Å². The van der Waals surface area contributed by atoms with Gasteiger partial charge in [0.2, 0.25) is 5.91 Å². The van der Waals surface area contributed by atoms with Gasteiger partial charge in [-0.2, -0.15) is 0 Å². The maximum atomic E-state index is 11.0. The van der Waals surface area contributed by atoms with Crippen molar-refractivity contribution in [3.05, 3.63) is 12.2 Å². The zero-order valence-corrected chi connectivity index (χ0v) is 7.93. The Hall–Kier alpha value is -1.32. The van der Waals surface area contributed by atoms with Crippen LogP contribution in [0.3, 0.4) is 0 Å². The molecule has 2 bridgehead atoms. The molecule has 4 nitrogen and oxygen atoms in total. The largest absolute Gasteiger partial charge is 0.481 e. The van der Waals surface area contributed by atoms with E-state index in [1.165, 1.54) is 6.92 Å². The molecule has 0 saturated heterocycles. The molecular weight excluding hydrogens is 182 g/mol. The van der Waals surface area contributed by atoms with Crippen molar-refractivity contribution in [3.63, 3.8) is 0 Å². The van der Waals surface area contributed by atoms with Gasteiger partial charge in [-0.25, -0.2) is 0 Å². The van der Waals surface area contributed by atoms with Crippen LogP contribution >= 0.6 is 0 Å². The third-order valence-corrected chi connectivity index (χ3v) is 3.11. The number of hydrogen-bond acceptors (Lipinski definition) is 2. The molecule has 76 valence electrons. The Balaban J connectivity index is 2.18. The number of allylic oxidation sites excluding steroid dienone is 1. The standard InChI is InChI=1S/C10H13NO3/c1-5(12)11-9-7-3-2-6(4-7)8(9)10(13)14/h2-3,6-9H,4H2,1H3,(H,11,12)(H,13,14)/t6-,7+,8+,9-/m0/s1. The lowest BCUT2D eigenvalue weighted by Crippen LogP contribution is -2.44. The number of fused-ring (bicyclic) bond motifs is 2. The van der Waals surface area contributed by atoms with Gasteiger partial charge in [0.15, 0.2) is 0 Å². The number of rotatable bonds is 2. The summed E-state index contributed by atoms with van der Waals surface area (Å²) >= 11 is 0. The highest BCUT2D eigenvalue weighted by Gasteiger charge is 2.48. The van der Waals surface area contributed by atoms with Crippen LogP contribution in [0.25, 0.3) is 0 Å². The lowest BCUT2D eigenvalue weighted by atomic mass is 9.89. The van der Waals surface area contributed by atoms with E-state index in [2.05, 4.69) is 5.32 Å². The molecule has 1 saturated carbocycles. The predicted octanol–water partition coefficient (Wildman–Crippen LogP) is 0.398. The number of carbonyl (C=O) groups is 2. The zero-order valence-electron chi connectivity index (χ0n) is 7.93. The van der Waals surface area contributed by atoms with E-state index in [1.54, 1.807) is 0 Å². The first-order chi connectivity index (χ1) is 6.59. The third kappa shape index (κ3) is 1.31. The van der Waals surface area contributed by atoms with Crippen LogP contribution in [0.4, 0.5) is 0 Å². The molecule has 0 spiro atoms. The maximum Gasteiger partial charge on any atom is 0.309 e. The van der Waals surface area contributed by atoms with Crippen molar-refractivity contribution in [2.24, 2.45) is 17.8 Å². The van der Waals surface area contributed by atoms with Crippen LogP contribution in [-0.4, -0.2) is 23.0 Å². The second-order valence-corrected chi connectivity index (χ2v) is 4.04. The second-order valence-electron chi connectivity index (χ2n) is 4.04. The third-order valence-electron chi connectivity index (χ3n) is 3.11. The van der Waals surface area contributed by atoms with Gasteiger partial charge in [-0.05, 0) is 18.3 Å². The molecule has 1 amide bonds. The molecule has 0 aromatic rings. The highest BCUT2D eigenvalue weighted by molar-refractivity contribution is 5.77. The quantitative estimate of drug-likeness (QED) is 0.627. The predicted molar refractivity (Wildman–Crippen MR) is 49.5 cm³/mol. The first kappa shape index (κ1) is 9.24. The van der Waals surface area contributed by atoms with E-state index in [0.29, 0.717) is 0 Å². The fraction of sp³-hybridized carbons (Fsp3) is 0.600. The molecule has 0 radical (unpaired) electrons. The average molecular weight is 195 g/mol. The molecule has 2 rings (SSSR count). The molecular formula is C10H13NO3. The summed E-state index contributed by atoms with van der Waals surface area (Å²) in [5.74, 6) is -1.07. The number of hydrogen-bond donors (Lipinski definition) is 2. The number of aliphatic carboxylic acids is 1. The first-order valence-electron chi connectivity index (χ1n) is 4.78. The Morgan fingerprint density at radius 1 is 1.36 bits per heavy atom. The highest BCUT2D eigenvalue weighted by Crippen LogP contribution is 2.43. The van der Waals surface area contributed by atoms with Gasteiger partial charge < -0.3 is 10.4 Å². The van der Waals surface area contributed by atoms with Crippen LogP contribution in [-0.2, 0) is 9.59 Å². The van der Waals surface area contributed by atoms with Gasteiger partial charge in [-0.15, -0.1) is 0 Å². The van der Waals surface area contributed by atoms with Gasteiger partial charge >= 0.3 is 5.97 Å². The summed E-state index contributed by atoms with van der Waals surface area (Å²) < 4.78 is 0. The zero-order chi connectivity index (χ0) is 10.3. The molecule has 0 aliphatic heterocycles. The Bertz CT molecular complexity index is 310. The fourth-order valence-corrected chi connectivity index (χ4v) is 2.59. The molecule has 2 aliphatic rings. The number of amides is 1. The Labute approximate surface area is 82.0 Å². The summed E-state index contributed by atoms with van der Waals surface area (Å²) in [7, 11) is 0. The van der Waals surface area contributed by atoms with Crippen molar-refractivity contribution in [1.82, 2.24) is 5.32 Å². The van der Waals surface area contributed by atoms with Gasteiger partial charge in [0.25, 0.3) is 0 Å². The van der Waals surface area contributed by atoms with E-state index in [-0.39, 0.29) is 23.8 Å². The second kappa shape index (κ2) is 3.12. The molecule has 0 aromatic heterocycles. The highest BCUT2D eigenvalue weighted by atomic mass is 16.4. The Kier molecular flexibility index (Phi) is 2.06. The van der Waals surface area contributed by atoms with E-state index in [1.807, 2.05) is 12.2 Å². The van der Waals surface area contributed by atoms with Gasteiger partial charge in [0.05, 0.1) is 5.92 Å². The molecule has 0 heterocycles. The molecule has 0 unspecified atom stereocenters. The SMILES string of the molecule is CC(=O)N[C@@H]1[C@H](C(=O)O)[C@H]2C=C[C@@H]1C2. The summed E-state index contributed by atoms with van der Waals surface area (Å²) in [6.45, 7) is 1.43. The van der Waals surface area contributed by atoms with E-state index in [9.17, 15) is 9.59 Å². The normalized spacial score (nSPS) is 38.6. The van der Waals surface area contributed by atoms with Crippen molar-refractivity contribution in [3.8, 4) is 0 Å². The Morgan fingerprint density at radius 3 is 2.57 bits per heavy atom. The van der Waals surface area contributed by atoms with Crippen molar-refractivity contribution >= 4 is 11.9 Å². The van der Waals surface area contributed by atoms with Crippen LogP contribution in [0.5, 0.6) is 0 Å². The molecule has 2 aliphatic carbocycles. The van der Waals surface area contributed by atoms with Crippen LogP contribution < -0.4 is 5.32 Å². The molecule has 14 heavy (non-hydrogen) atoms. The lowest BCUT2D eigenvalue weighted by Gasteiger charge is -2.25. The molecule has 2 N–H and O–H groups in total. The number of carboxylic acids is 1. The van der Waals surface area contributed by atoms with E-state index >= 15 is 0 Å². The van der Waals surface area contributed by atoms with E-state index in [4.69, 9.17) is 5.11 Å². The minimum absolute atomic E-state index is 0.106. The monoisotopic (exact) mass is 195 g/mol. The van der Waals surface area contributed by atoms with Crippen LogP contribution in [0, 0.1) is 17.8 Å². The van der Waals surface area contributed by atoms with Gasteiger partial charge in [0, 0.05) is 13.0 Å². The molecule has 1 fully saturated rings. The minimum atomic E-state index is -0.805. The number of carbonyl (C=O) groups excluding carboxylic acids is 1. The van der Waals surface area contributed by atoms with Crippen molar-refractivity contribution < 1.29 is 14.7 Å². The van der Waals surface area contributed by atoms with Crippen LogP contribution in [0.1, 0.15) is 13.3 Å². The topological polar surface area (TPSA) is 66.4 Å². The number of nitrogens with one attached hydrogen (secondary N) is 1. The maximum absolute atomic E-state index is 11.0. The summed E-state index contributed by atoms with van der Waals surface area (Å²) in [6, 6.07) is -0.208. The van der Waals surface area contributed by atoms with Gasteiger partial charge in [-0.3, -0.25) is 9.59 Å². The first-order valence-corrected chi connectivity index (χ1v) is 4.78. The van der Waals surface area contributed by atoms with E-state index in [0.717, 1.165) is 6.42 Å². The fourth-order valence-electron chi connectivity index (χ4n) is 2.59. The lowest BCUT2D eigenvalue weighted by molar-refractivity contribution is -0.143. The van der Waals surface area contributed by atoms with Crippen molar-refractivity contribution in [2.75, 3.05) is 0 Å². The van der Waals surface area contributed by atoms with Crippen molar-refractivity contribution in [1.29, 1.82) is 0 Å². The molecule has 4 atom stereocenters. The van der Waals surface area contributed by atoms with Gasteiger partial charge in [0.1, 0.15) is 0 Å². The van der Waals surface area contributed by atoms with Crippen LogP contribution in [0.15, 0.2) is 12.2 Å². The summed E-state index contributed by atoms with van der Waals surface area (Å²) in [4.78, 5) is 21.9. The minimum Gasteiger partial charge on any atom is -0.481 e.